The fourth-order valence-corrected chi connectivity index (χ4v) is 6.92. The molecule has 0 unspecified atom stereocenters. The Bertz CT molecular complexity index is 788. The average molecular weight is 382 g/mol. The summed E-state index contributed by atoms with van der Waals surface area (Å²) >= 11 is 2.94. The number of β-lactam (4-membered cyclic amide) rings is 1. The number of aliphatic carboxylic acids is 1. The molecule has 0 saturated carbocycles. The zero-order chi connectivity index (χ0) is 17.9. The first-order chi connectivity index (χ1) is 11.9. The molecule has 0 aromatic carbocycles. The molecule has 0 spiro atoms. The van der Waals surface area contributed by atoms with Crippen LogP contribution in [-0.4, -0.2) is 43.0 Å². The van der Waals surface area contributed by atoms with Gasteiger partial charge in [-0.3, -0.25) is 9.69 Å². The molecule has 7 nitrogen and oxygen atoms in total. The molecule has 3 aliphatic heterocycles. The number of aromatic nitrogens is 2. The number of carbonyl (C=O) groups is 2. The lowest BCUT2D eigenvalue weighted by Gasteiger charge is -2.43. The highest BCUT2D eigenvalue weighted by atomic mass is 32.2. The first-order valence-electron chi connectivity index (χ1n) is 8.33. The lowest BCUT2D eigenvalue weighted by molar-refractivity contribution is -0.693. The average Bonchev–Trinajstić information content (AvgIpc) is 3.19. The van der Waals surface area contributed by atoms with Gasteiger partial charge >= 0.3 is 5.97 Å². The third kappa shape index (κ3) is 2.51. The molecule has 0 radical (unpaired) electrons. The largest absolute Gasteiger partial charge is 0.477 e. The molecule has 3 aliphatic rings. The number of carbonyl (C=O) groups excluding carboxylic acids is 1. The van der Waals surface area contributed by atoms with E-state index >= 15 is 0 Å². The second-order valence-electron chi connectivity index (χ2n) is 6.51. The standard InChI is InChI=1S/C16H19N3O4S2/c1-3-17-6-9-10(4-5-18(9)7-17)24-16-12(15(22)23)19-13(21)11(8(2)20)14(19)25-16/h6-8,10-11,14,20H,3-5H2,1-2H3/p+1/t8-,10-,11+,14-/m1/s1. The summed E-state index contributed by atoms with van der Waals surface area (Å²) in [5, 5.41) is 19.3. The molecule has 4 atom stereocenters. The van der Waals surface area contributed by atoms with Gasteiger partial charge in [-0.15, -0.1) is 11.8 Å². The maximum Gasteiger partial charge on any atom is 0.354 e. The topological polar surface area (TPSA) is 86.7 Å². The second kappa shape index (κ2) is 6.07. The van der Waals surface area contributed by atoms with E-state index in [4.69, 9.17) is 0 Å². The number of imidazole rings is 1. The summed E-state index contributed by atoms with van der Waals surface area (Å²) in [4.78, 5) is 25.3. The lowest BCUT2D eigenvalue weighted by Crippen LogP contribution is -2.60. The Morgan fingerprint density at radius 3 is 2.96 bits per heavy atom. The van der Waals surface area contributed by atoms with Crippen LogP contribution in [-0.2, 0) is 22.7 Å². The number of rotatable bonds is 5. The minimum absolute atomic E-state index is 0.0790. The number of nitrogens with zero attached hydrogens (tertiary/aromatic N) is 3. The fourth-order valence-electron chi connectivity index (χ4n) is 3.64. The summed E-state index contributed by atoms with van der Waals surface area (Å²) < 4.78 is 5.01. The van der Waals surface area contributed by atoms with Gasteiger partial charge < -0.3 is 10.2 Å². The molecule has 2 N–H and O–H groups in total. The molecule has 4 heterocycles. The maximum absolute atomic E-state index is 12.3. The molecule has 1 amide bonds. The van der Waals surface area contributed by atoms with E-state index in [2.05, 4.69) is 28.6 Å². The molecule has 1 aromatic rings. The number of hydrogen-bond acceptors (Lipinski definition) is 5. The molecule has 1 fully saturated rings. The number of amides is 1. The molecule has 9 heteroatoms. The first-order valence-corrected chi connectivity index (χ1v) is 10.1. The van der Waals surface area contributed by atoms with Crippen LogP contribution in [0.25, 0.3) is 0 Å². The van der Waals surface area contributed by atoms with Gasteiger partial charge in [0.25, 0.3) is 0 Å². The SMILES string of the molecule is CC[n+]1cc2n(c1)CC[C@H]2SC1=C(C(=O)O)N2C(=O)[C@H]([C@@H](C)O)[C@H]2S1. The van der Waals surface area contributed by atoms with Gasteiger partial charge in [-0.2, -0.15) is 0 Å². The number of fused-ring (bicyclic) bond motifs is 2. The number of aliphatic hydroxyl groups is 1. The van der Waals surface area contributed by atoms with Crippen molar-refractivity contribution in [2.75, 3.05) is 0 Å². The van der Waals surface area contributed by atoms with Crippen molar-refractivity contribution in [2.45, 2.75) is 50.1 Å². The van der Waals surface area contributed by atoms with Crippen LogP contribution in [0.15, 0.2) is 22.5 Å². The minimum atomic E-state index is -1.08. The van der Waals surface area contributed by atoms with E-state index in [9.17, 15) is 19.8 Å². The van der Waals surface area contributed by atoms with Gasteiger partial charge in [0.2, 0.25) is 12.2 Å². The Morgan fingerprint density at radius 1 is 1.56 bits per heavy atom. The number of carboxylic acid groups (broad SMARTS) is 1. The molecule has 0 aliphatic carbocycles. The maximum atomic E-state index is 12.3. The molecule has 0 bridgehead atoms. The van der Waals surface area contributed by atoms with E-state index in [0.29, 0.717) is 4.24 Å². The van der Waals surface area contributed by atoms with Crippen molar-refractivity contribution in [1.82, 2.24) is 9.47 Å². The Hall–Kier alpha value is -1.45. The zero-order valence-corrected chi connectivity index (χ0v) is 15.6. The zero-order valence-electron chi connectivity index (χ0n) is 14.0. The molecular weight excluding hydrogens is 362 g/mol. The predicted molar refractivity (Wildman–Crippen MR) is 93.3 cm³/mol. The van der Waals surface area contributed by atoms with Crippen LogP contribution in [0.4, 0.5) is 0 Å². The summed E-state index contributed by atoms with van der Waals surface area (Å²) in [6.07, 6.45) is 4.38. The van der Waals surface area contributed by atoms with Crippen molar-refractivity contribution in [3.63, 3.8) is 0 Å². The third-order valence-electron chi connectivity index (χ3n) is 4.96. The molecule has 4 rings (SSSR count). The Kier molecular flexibility index (Phi) is 4.12. The van der Waals surface area contributed by atoms with Crippen molar-refractivity contribution >= 4 is 35.4 Å². The van der Waals surface area contributed by atoms with Crippen LogP contribution in [0.2, 0.25) is 0 Å². The van der Waals surface area contributed by atoms with Crippen molar-refractivity contribution in [2.24, 2.45) is 5.92 Å². The van der Waals surface area contributed by atoms with Crippen molar-refractivity contribution in [1.29, 1.82) is 0 Å². The van der Waals surface area contributed by atoms with Gasteiger partial charge in [0.1, 0.15) is 11.6 Å². The Labute approximate surface area is 153 Å². The highest BCUT2D eigenvalue weighted by molar-refractivity contribution is 8.22. The van der Waals surface area contributed by atoms with Crippen molar-refractivity contribution in [3.05, 3.63) is 28.2 Å². The predicted octanol–water partition coefficient (Wildman–Crippen LogP) is 1.14. The quantitative estimate of drug-likeness (QED) is 0.587. The van der Waals surface area contributed by atoms with Gasteiger partial charge in [-0.05, 0) is 13.8 Å². The second-order valence-corrected chi connectivity index (χ2v) is 9.11. The third-order valence-corrected chi connectivity index (χ3v) is 7.86. The van der Waals surface area contributed by atoms with E-state index < -0.39 is 18.0 Å². The smallest absolute Gasteiger partial charge is 0.354 e. The van der Waals surface area contributed by atoms with Crippen LogP contribution in [0, 0.1) is 5.92 Å². The molecular formula is C16H20N3O4S2+. The number of hydrogen-bond donors (Lipinski definition) is 2. The first kappa shape index (κ1) is 17.0. The van der Waals surface area contributed by atoms with Crippen LogP contribution in [0.5, 0.6) is 0 Å². The van der Waals surface area contributed by atoms with Crippen LogP contribution in [0.1, 0.15) is 31.2 Å². The van der Waals surface area contributed by atoms with Gasteiger partial charge in [-0.1, -0.05) is 11.8 Å². The molecule has 134 valence electrons. The number of aliphatic hydroxyl groups excluding tert-OH is 1. The lowest BCUT2D eigenvalue weighted by atomic mass is 9.92. The Morgan fingerprint density at radius 2 is 2.32 bits per heavy atom. The van der Waals surface area contributed by atoms with E-state index in [1.54, 1.807) is 6.92 Å². The molecule has 25 heavy (non-hydrogen) atoms. The van der Waals surface area contributed by atoms with E-state index in [0.717, 1.165) is 19.5 Å². The fraction of sp³-hybridized carbons (Fsp3) is 0.562. The van der Waals surface area contributed by atoms with E-state index in [1.807, 2.05) is 0 Å². The summed E-state index contributed by atoms with van der Waals surface area (Å²) in [6, 6.07) is 0. The molecule has 1 saturated heterocycles. The summed E-state index contributed by atoms with van der Waals surface area (Å²) in [7, 11) is 0. The number of aryl methyl sites for hydroxylation is 2. The van der Waals surface area contributed by atoms with Crippen molar-refractivity contribution < 1.29 is 24.4 Å². The van der Waals surface area contributed by atoms with E-state index in [-0.39, 0.29) is 22.2 Å². The summed E-state index contributed by atoms with van der Waals surface area (Å²) in [6.45, 7) is 5.49. The van der Waals surface area contributed by atoms with Gasteiger partial charge in [0.05, 0.1) is 34.6 Å². The van der Waals surface area contributed by atoms with Crippen molar-refractivity contribution in [3.8, 4) is 0 Å². The highest BCUT2D eigenvalue weighted by Gasteiger charge is 2.58. The minimum Gasteiger partial charge on any atom is -0.477 e. The molecule has 1 aromatic heterocycles. The highest BCUT2D eigenvalue weighted by Crippen LogP contribution is 2.57. The van der Waals surface area contributed by atoms with Crippen LogP contribution < -0.4 is 4.57 Å². The van der Waals surface area contributed by atoms with Gasteiger partial charge in [0, 0.05) is 6.42 Å². The van der Waals surface area contributed by atoms with Crippen LogP contribution >= 0.6 is 23.5 Å². The number of thioether (sulfide) groups is 2. The van der Waals surface area contributed by atoms with Gasteiger partial charge in [0.15, 0.2) is 11.4 Å². The number of carboxylic acids is 1. The monoisotopic (exact) mass is 382 g/mol. The van der Waals surface area contributed by atoms with Crippen LogP contribution in [0.3, 0.4) is 0 Å². The van der Waals surface area contributed by atoms with E-state index in [1.165, 1.54) is 34.1 Å². The van der Waals surface area contributed by atoms with Gasteiger partial charge in [-0.25, -0.2) is 13.9 Å². The summed E-state index contributed by atoms with van der Waals surface area (Å²) in [5.74, 6) is -1.89. The Balaban J connectivity index is 1.60. The summed E-state index contributed by atoms with van der Waals surface area (Å²) in [5.41, 5.74) is 1.27. The normalized spacial score (nSPS) is 28.8.